The van der Waals surface area contributed by atoms with Gasteiger partial charge < -0.3 is 15.0 Å². The number of likely N-dealkylation sites (tertiary alicyclic amines) is 1. The van der Waals surface area contributed by atoms with Crippen LogP contribution < -0.4 is 5.32 Å². The number of nitrogens with zero attached hydrogens (tertiary/aromatic N) is 3. The van der Waals surface area contributed by atoms with E-state index >= 15 is 0 Å². The zero-order valence-corrected chi connectivity index (χ0v) is 16.7. The molecule has 144 valence electrons. The summed E-state index contributed by atoms with van der Waals surface area (Å²) in [4.78, 5) is 6.88. The Kier molecular flexibility index (Phi) is 6.51. The Morgan fingerprint density at radius 3 is 2.76 bits per heavy atom. The van der Waals surface area contributed by atoms with E-state index in [1.54, 1.807) is 4.31 Å². The molecule has 3 aliphatic heterocycles. The van der Waals surface area contributed by atoms with Crippen LogP contribution >= 0.6 is 11.8 Å². The normalized spacial score (nSPS) is 28.8. The van der Waals surface area contributed by atoms with Gasteiger partial charge in [-0.2, -0.15) is 11.8 Å². The summed E-state index contributed by atoms with van der Waals surface area (Å²) < 4.78 is 32.1. The smallest absolute Gasteiger partial charge is 0.215 e. The summed E-state index contributed by atoms with van der Waals surface area (Å²) in [5, 5.41) is 3.32. The lowest BCUT2D eigenvalue weighted by molar-refractivity contribution is 0.156. The number of hydrogen-bond acceptors (Lipinski definition) is 5. The van der Waals surface area contributed by atoms with Crippen molar-refractivity contribution in [3.8, 4) is 0 Å². The van der Waals surface area contributed by atoms with Crippen LogP contribution in [0.4, 0.5) is 0 Å². The monoisotopic (exact) mass is 390 g/mol. The zero-order chi connectivity index (χ0) is 17.8. The number of sulfonamides is 1. The van der Waals surface area contributed by atoms with Crippen molar-refractivity contribution in [2.75, 3.05) is 69.7 Å². The van der Waals surface area contributed by atoms with Crippen LogP contribution in [0.1, 0.15) is 19.8 Å². The van der Waals surface area contributed by atoms with Crippen molar-refractivity contribution in [2.24, 2.45) is 10.4 Å². The molecule has 0 aromatic rings. The van der Waals surface area contributed by atoms with E-state index in [1.807, 2.05) is 18.7 Å². The van der Waals surface area contributed by atoms with E-state index in [-0.39, 0.29) is 11.2 Å². The maximum Gasteiger partial charge on any atom is 0.215 e. The average Bonchev–Trinajstić information content (AvgIpc) is 3.25. The predicted molar refractivity (Wildman–Crippen MR) is 103 cm³/mol. The second kappa shape index (κ2) is 8.45. The second-order valence-corrected chi connectivity index (χ2v) is 10.4. The first kappa shape index (κ1) is 19.3. The van der Waals surface area contributed by atoms with Gasteiger partial charge in [-0.15, -0.1) is 0 Å². The Bertz CT molecular complexity index is 570. The van der Waals surface area contributed by atoms with Crippen LogP contribution in [-0.4, -0.2) is 93.3 Å². The summed E-state index contributed by atoms with van der Waals surface area (Å²) in [6.45, 7) is 8.01. The Morgan fingerprint density at radius 1 is 1.28 bits per heavy atom. The fraction of sp³-hybridized carbons (Fsp3) is 0.938. The number of nitrogens with one attached hydrogen (secondary N) is 1. The number of thioether (sulfide) groups is 1. The molecule has 3 fully saturated rings. The van der Waals surface area contributed by atoms with E-state index in [2.05, 4.69) is 15.2 Å². The van der Waals surface area contributed by atoms with Crippen molar-refractivity contribution < 1.29 is 13.2 Å². The standard InChI is InChI=1S/C16H30N4O3S2/c1-2-17-15(19-6-3-16(13-19)4-9-23-14-16)18-5-12-25(21,22)20-7-10-24-11-8-20/h2-14H2,1H3,(H,17,18). The average molecular weight is 391 g/mol. The van der Waals surface area contributed by atoms with Gasteiger partial charge >= 0.3 is 0 Å². The van der Waals surface area contributed by atoms with E-state index in [0.29, 0.717) is 19.6 Å². The van der Waals surface area contributed by atoms with Crippen LogP contribution in [0.5, 0.6) is 0 Å². The first-order chi connectivity index (χ1) is 12.0. The van der Waals surface area contributed by atoms with E-state index in [1.165, 1.54) is 0 Å². The largest absolute Gasteiger partial charge is 0.381 e. The van der Waals surface area contributed by atoms with Crippen LogP contribution in [0.2, 0.25) is 0 Å². The van der Waals surface area contributed by atoms with Crippen LogP contribution in [0, 0.1) is 5.41 Å². The molecule has 0 aromatic carbocycles. The van der Waals surface area contributed by atoms with Gasteiger partial charge in [0.25, 0.3) is 0 Å². The van der Waals surface area contributed by atoms with E-state index in [0.717, 1.165) is 63.2 Å². The first-order valence-electron chi connectivity index (χ1n) is 9.21. The number of ether oxygens (including phenoxy) is 1. The molecular formula is C16H30N4O3S2. The fourth-order valence-electron chi connectivity index (χ4n) is 3.73. The molecule has 0 amide bonds. The topological polar surface area (TPSA) is 74.2 Å². The van der Waals surface area contributed by atoms with E-state index < -0.39 is 10.0 Å². The van der Waals surface area contributed by atoms with Crippen molar-refractivity contribution in [3.05, 3.63) is 0 Å². The summed E-state index contributed by atoms with van der Waals surface area (Å²) >= 11 is 1.82. The third-order valence-corrected chi connectivity index (χ3v) is 8.02. The van der Waals surface area contributed by atoms with Gasteiger partial charge in [0.15, 0.2) is 5.96 Å². The van der Waals surface area contributed by atoms with Gasteiger partial charge in [0.05, 0.1) is 18.9 Å². The molecule has 0 saturated carbocycles. The molecule has 25 heavy (non-hydrogen) atoms. The van der Waals surface area contributed by atoms with Gasteiger partial charge in [-0.3, -0.25) is 4.99 Å². The van der Waals surface area contributed by atoms with Crippen molar-refractivity contribution in [3.63, 3.8) is 0 Å². The Labute approximate surface area is 155 Å². The van der Waals surface area contributed by atoms with Gasteiger partial charge in [0.1, 0.15) is 0 Å². The van der Waals surface area contributed by atoms with E-state index in [9.17, 15) is 8.42 Å². The molecule has 1 spiro atoms. The Morgan fingerprint density at radius 2 is 2.08 bits per heavy atom. The maximum atomic E-state index is 12.4. The third-order valence-electron chi connectivity index (χ3n) is 5.23. The molecule has 0 bridgehead atoms. The van der Waals surface area contributed by atoms with Gasteiger partial charge in [0.2, 0.25) is 10.0 Å². The highest BCUT2D eigenvalue weighted by molar-refractivity contribution is 7.99. The van der Waals surface area contributed by atoms with E-state index in [4.69, 9.17) is 4.74 Å². The molecule has 1 unspecified atom stereocenters. The minimum Gasteiger partial charge on any atom is -0.381 e. The molecule has 1 atom stereocenters. The van der Waals surface area contributed by atoms with Crippen molar-refractivity contribution in [1.29, 1.82) is 0 Å². The summed E-state index contributed by atoms with van der Waals surface area (Å²) in [7, 11) is -3.19. The molecule has 0 aliphatic carbocycles. The van der Waals surface area contributed by atoms with Gasteiger partial charge in [-0.25, -0.2) is 12.7 Å². The molecule has 3 heterocycles. The number of hydrogen-bond donors (Lipinski definition) is 1. The quantitative estimate of drug-likeness (QED) is 0.543. The van der Waals surface area contributed by atoms with Gasteiger partial charge in [0, 0.05) is 56.3 Å². The zero-order valence-electron chi connectivity index (χ0n) is 15.1. The third kappa shape index (κ3) is 4.81. The lowest BCUT2D eigenvalue weighted by Gasteiger charge is -2.26. The minimum atomic E-state index is -3.19. The molecular weight excluding hydrogens is 360 g/mol. The van der Waals surface area contributed by atoms with Crippen LogP contribution in [0.15, 0.2) is 4.99 Å². The number of guanidine groups is 1. The lowest BCUT2D eigenvalue weighted by atomic mass is 9.87. The minimum absolute atomic E-state index is 0.0919. The van der Waals surface area contributed by atoms with Gasteiger partial charge in [-0.05, 0) is 19.8 Å². The summed E-state index contributed by atoms with van der Waals surface area (Å²) in [5.74, 6) is 2.72. The molecule has 3 rings (SSSR count). The summed E-state index contributed by atoms with van der Waals surface area (Å²) in [6, 6.07) is 0. The van der Waals surface area contributed by atoms with Crippen LogP contribution in [0.25, 0.3) is 0 Å². The SMILES string of the molecule is CCNC(=NCCS(=O)(=O)N1CCSCC1)N1CCC2(CCOC2)C1. The van der Waals surface area contributed by atoms with Crippen LogP contribution in [-0.2, 0) is 14.8 Å². The second-order valence-electron chi connectivity index (χ2n) is 7.04. The highest BCUT2D eigenvalue weighted by Gasteiger charge is 2.42. The Hall–Kier alpha value is -0.510. The molecule has 9 heteroatoms. The summed E-state index contributed by atoms with van der Waals surface area (Å²) in [5.41, 5.74) is 0.272. The molecule has 0 radical (unpaired) electrons. The Balaban J connectivity index is 1.57. The van der Waals surface area contributed by atoms with Crippen molar-refractivity contribution in [1.82, 2.24) is 14.5 Å². The summed E-state index contributed by atoms with van der Waals surface area (Å²) in [6.07, 6.45) is 2.24. The molecule has 0 aromatic heterocycles. The predicted octanol–water partition coefficient (Wildman–Crippen LogP) is 0.443. The van der Waals surface area contributed by atoms with Crippen molar-refractivity contribution >= 4 is 27.7 Å². The molecule has 3 saturated heterocycles. The van der Waals surface area contributed by atoms with Crippen LogP contribution in [0.3, 0.4) is 0 Å². The highest BCUT2D eigenvalue weighted by Crippen LogP contribution is 2.38. The molecule has 1 N–H and O–H groups in total. The fourth-order valence-corrected chi connectivity index (χ4v) is 6.19. The molecule has 7 nitrogen and oxygen atoms in total. The lowest BCUT2D eigenvalue weighted by Crippen LogP contribution is -2.42. The van der Waals surface area contributed by atoms with Gasteiger partial charge in [-0.1, -0.05) is 0 Å². The first-order valence-corrected chi connectivity index (χ1v) is 12.0. The number of aliphatic imine (C=N–C) groups is 1. The maximum absolute atomic E-state index is 12.4. The molecule has 3 aliphatic rings. The number of rotatable bonds is 5. The highest BCUT2D eigenvalue weighted by atomic mass is 32.2. The van der Waals surface area contributed by atoms with Crippen molar-refractivity contribution in [2.45, 2.75) is 19.8 Å².